The summed E-state index contributed by atoms with van der Waals surface area (Å²) in [5.41, 5.74) is 5.56. The molecule has 0 amide bonds. The number of carbonyl (C=O) groups is 1. The summed E-state index contributed by atoms with van der Waals surface area (Å²) in [6.45, 7) is 17.7. The highest BCUT2D eigenvalue weighted by molar-refractivity contribution is 7.79. The molecule has 5 rings (SSSR count). The van der Waals surface area contributed by atoms with Gasteiger partial charge in [-0.2, -0.15) is 0 Å². The molecule has 2 N–H and O–H groups in total. The number of benzene rings is 1. The van der Waals surface area contributed by atoms with Crippen LogP contribution >= 0.6 is 0 Å². The predicted molar refractivity (Wildman–Crippen MR) is 159 cm³/mol. The van der Waals surface area contributed by atoms with Gasteiger partial charge >= 0.3 is 0 Å². The zero-order valence-electron chi connectivity index (χ0n) is 25.3. The van der Waals surface area contributed by atoms with Crippen LogP contribution < -0.4 is 0 Å². The standard InChI is InChI=1S/C34H50O4S/c1-18(2)24-17-25(19(3)4)32(39(37)38)30(20(5)6)31(24)28-16-22(35)15-21-9-10-23-26-11-12-29(36)33(26,7)14-13-27(23)34(21,28)8/h9,17-20,22-23,26-28,35H,10-16H2,1-8H3,(H,37,38)/t22-,23+,26+,27+,28?,33+,34+/m1/s1. The largest absolute Gasteiger partial charge is 0.393 e. The second kappa shape index (κ2) is 10.2. The molecule has 4 nitrogen and oxygen atoms in total. The second-order valence-electron chi connectivity index (χ2n) is 14.6. The van der Waals surface area contributed by atoms with E-state index < -0.39 is 17.2 Å². The van der Waals surface area contributed by atoms with Crippen molar-refractivity contribution in [2.24, 2.45) is 28.6 Å². The van der Waals surface area contributed by atoms with Crippen LogP contribution in [0.3, 0.4) is 0 Å². The Bertz CT molecular complexity index is 1210. The molecule has 0 aromatic heterocycles. The number of hydrogen-bond donors (Lipinski definition) is 2. The van der Waals surface area contributed by atoms with Crippen LogP contribution in [0.2, 0.25) is 0 Å². The molecule has 0 bridgehead atoms. The van der Waals surface area contributed by atoms with Crippen molar-refractivity contribution in [1.29, 1.82) is 0 Å². The molecule has 4 aliphatic rings. The molecule has 0 heterocycles. The summed E-state index contributed by atoms with van der Waals surface area (Å²) in [6, 6.07) is 2.22. The SMILES string of the molecule is CC(C)c1cc(C(C)C)c(S(=O)O)c(C(C)C)c1C1C[C@H](O)CC2=CC[C@H]3[C@@H]4CCC(=O)[C@@]4(C)CC[C@@H]3[C@]21C. The molecule has 8 atom stereocenters. The molecule has 216 valence electrons. The molecule has 4 aliphatic carbocycles. The minimum atomic E-state index is -2.10. The van der Waals surface area contributed by atoms with E-state index in [9.17, 15) is 18.7 Å². The van der Waals surface area contributed by atoms with Crippen molar-refractivity contribution in [3.8, 4) is 0 Å². The Morgan fingerprint density at radius 3 is 2.23 bits per heavy atom. The van der Waals surface area contributed by atoms with Crippen LogP contribution in [0.1, 0.15) is 146 Å². The predicted octanol–water partition coefficient (Wildman–Crippen LogP) is 8.22. The van der Waals surface area contributed by atoms with Crippen molar-refractivity contribution in [2.45, 2.75) is 135 Å². The van der Waals surface area contributed by atoms with Crippen LogP contribution in [0.4, 0.5) is 0 Å². The van der Waals surface area contributed by atoms with Gasteiger partial charge in [-0.25, -0.2) is 4.21 Å². The highest BCUT2D eigenvalue weighted by atomic mass is 32.2. The molecule has 1 aromatic carbocycles. The molecule has 39 heavy (non-hydrogen) atoms. The number of aliphatic hydroxyl groups excluding tert-OH is 1. The molecule has 5 heteroatoms. The molecule has 2 unspecified atom stereocenters. The monoisotopic (exact) mass is 554 g/mol. The third kappa shape index (κ3) is 4.36. The van der Waals surface area contributed by atoms with Gasteiger partial charge in [-0.15, -0.1) is 0 Å². The number of allylic oxidation sites excluding steroid dienone is 1. The molecular weight excluding hydrogens is 504 g/mol. The van der Waals surface area contributed by atoms with Gasteiger partial charge in [0.05, 0.1) is 11.0 Å². The third-order valence-electron chi connectivity index (χ3n) is 11.7. The Morgan fingerprint density at radius 1 is 0.974 bits per heavy atom. The van der Waals surface area contributed by atoms with Gasteiger partial charge in [-0.1, -0.05) is 73.1 Å². The minimum absolute atomic E-state index is 0.0695. The summed E-state index contributed by atoms with van der Waals surface area (Å²) in [4.78, 5) is 13.6. The zero-order valence-corrected chi connectivity index (χ0v) is 26.2. The zero-order chi connectivity index (χ0) is 28.6. The fourth-order valence-electron chi connectivity index (χ4n) is 9.73. The molecule has 0 radical (unpaired) electrons. The first-order valence-corrected chi connectivity index (χ1v) is 16.6. The number of rotatable bonds is 5. The summed E-state index contributed by atoms with van der Waals surface area (Å²) in [7, 11) is 0. The number of Topliss-reactive ketones (excluding diaryl/α,β-unsaturated/α-hetero) is 1. The Hall–Kier alpha value is -1.30. The summed E-state index contributed by atoms with van der Waals surface area (Å²) < 4.78 is 23.7. The van der Waals surface area contributed by atoms with Gasteiger partial charge in [0, 0.05) is 11.8 Å². The first-order valence-electron chi connectivity index (χ1n) is 15.5. The van der Waals surface area contributed by atoms with Crippen LogP contribution in [-0.2, 0) is 15.9 Å². The van der Waals surface area contributed by atoms with Crippen molar-refractivity contribution >= 4 is 16.9 Å². The average Bonchev–Trinajstić information content (AvgIpc) is 3.16. The Balaban J connectivity index is 1.76. The van der Waals surface area contributed by atoms with Crippen LogP contribution in [0.5, 0.6) is 0 Å². The van der Waals surface area contributed by atoms with E-state index in [0.29, 0.717) is 41.3 Å². The van der Waals surface area contributed by atoms with Gasteiger partial charge in [-0.05, 0) is 108 Å². The number of carbonyl (C=O) groups excluding carboxylic acids is 1. The van der Waals surface area contributed by atoms with Gasteiger partial charge in [0.25, 0.3) is 0 Å². The number of fused-ring (bicyclic) bond motifs is 5. The molecule has 0 aliphatic heterocycles. The van der Waals surface area contributed by atoms with E-state index >= 15 is 0 Å². The molecule has 1 aromatic rings. The average molecular weight is 555 g/mol. The third-order valence-corrected chi connectivity index (χ3v) is 12.5. The maximum Gasteiger partial charge on any atom is 0.187 e. The highest BCUT2D eigenvalue weighted by Gasteiger charge is 2.61. The highest BCUT2D eigenvalue weighted by Crippen LogP contribution is 2.67. The van der Waals surface area contributed by atoms with Crippen molar-refractivity contribution in [1.82, 2.24) is 0 Å². The van der Waals surface area contributed by atoms with Crippen LogP contribution in [0.25, 0.3) is 0 Å². The Labute approximate surface area is 238 Å². The molecule has 0 saturated heterocycles. The lowest BCUT2D eigenvalue weighted by Crippen LogP contribution is -2.53. The number of hydrogen-bond acceptors (Lipinski definition) is 3. The fraction of sp³-hybridized carbons (Fsp3) is 0.735. The van der Waals surface area contributed by atoms with E-state index in [0.717, 1.165) is 43.2 Å². The first kappa shape index (κ1) is 29.2. The quantitative estimate of drug-likeness (QED) is 0.284. The summed E-state index contributed by atoms with van der Waals surface area (Å²) >= 11 is -2.10. The maximum absolute atomic E-state index is 13.0. The van der Waals surface area contributed by atoms with Gasteiger partial charge in [0.2, 0.25) is 0 Å². The normalized spacial score (nSPS) is 37.1. The fourth-order valence-corrected chi connectivity index (χ4v) is 10.8. The van der Waals surface area contributed by atoms with E-state index in [1.54, 1.807) is 0 Å². The lowest BCUT2D eigenvalue weighted by molar-refractivity contribution is -0.132. The molecular formula is C34H50O4S. The lowest BCUT2D eigenvalue weighted by Gasteiger charge is -2.60. The minimum Gasteiger partial charge on any atom is -0.393 e. The molecule has 3 saturated carbocycles. The summed E-state index contributed by atoms with van der Waals surface area (Å²) in [5.74, 6) is 2.37. The van der Waals surface area contributed by atoms with E-state index in [1.165, 1.54) is 16.7 Å². The van der Waals surface area contributed by atoms with Gasteiger partial charge < -0.3 is 9.66 Å². The van der Waals surface area contributed by atoms with Crippen molar-refractivity contribution in [2.75, 3.05) is 0 Å². The topological polar surface area (TPSA) is 74.6 Å². The second-order valence-corrected chi connectivity index (χ2v) is 15.5. The number of ketones is 1. The lowest BCUT2D eigenvalue weighted by atomic mass is 9.44. The van der Waals surface area contributed by atoms with Crippen molar-refractivity contribution in [3.05, 3.63) is 40.0 Å². The molecule has 0 spiro atoms. The van der Waals surface area contributed by atoms with Crippen LogP contribution in [-0.4, -0.2) is 25.8 Å². The number of aliphatic hydroxyl groups is 1. The van der Waals surface area contributed by atoms with E-state index in [4.69, 9.17) is 0 Å². The van der Waals surface area contributed by atoms with E-state index in [1.807, 2.05) is 0 Å². The van der Waals surface area contributed by atoms with Gasteiger partial charge in [0.15, 0.2) is 11.1 Å². The Morgan fingerprint density at radius 2 is 1.64 bits per heavy atom. The van der Waals surface area contributed by atoms with E-state index in [2.05, 4.69) is 67.5 Å². The summed E-state index contributed by atoms with van der Waals surface area (Å²) in [6.07, 6.45) is 8.15. The smallest absolute Gasteiger partial charge is 0.187 e. The van der Waals surface area contributed by atoms with Crippen LogP contribution in [0, 0.1) is 28.6 Å². The van der Waals surface area contributed by atoms with Gasteiger partial charge in [0.1, 0.15) is 5.78 Å². The van der Waals surface area contributed by atoms with Crippen molar-refractivity contribution in [3.63, 3.8) is 0 Å². The summed E-state index contributed by atoms with van der Waals surface area (Å²) in [5, 5.41) is 11.3. The molecule has 3 fully saturated rings. The maximum atomic E-state index is 13.0. The van der Waals surface area contributed by atoms with Crippen LogP contribution in [0.15, 0.2) is 22.6 Å². The Kier molecular flexibility index (Phi) is 7.64. The van der Waals surface area contributed by atoms with Crippen molar-refractivity contribution < 1.29 is 18.7 Å². The van der Waals surface area contributed by atoms with Gasteiger partial charge in [-0.3, -0.25) is 4.79 Å². The first-order chi connectivity index (χ1) is 18.2. The van der Waals surface area contributed by atoms with E-state index in [-0.39, 0.29) is 34.5 Å².